The molecule has 3 N–H and O–H groups in total. The van der Waals surface area contributed by atoms with Crippen LogP contribution in [0.5, 0.6) is 5.75 Å². The van der Waals surface area contributed by atoms with Crippen molar-refractivity contribution in [1.29, 1.82) is 0 Å². The minimum absolute atomic E-state index is 0. The number of guanidine groups is 1. The Labute approximate surface area is 186 Å². The number of aliphatic imine (C=N–C) groups is 1. The van der Waals surface area contributed by atoms with Gasteiger partial charge in [-0.1, -0.05) is 12.1 Å². The Morgan fingerprint density at radius 1 is 1.18 bits per heavy atom. The predicted octanol–water partition coefficient (Wildman–Crippen LogP) is 2.47. The number of amides is 1. The van der Waals surface area contributed by atoms with Gasteiger partial charge in [-0.15, -0.1) is 24.0 Å². The number of ether oxygens (including phenoxy) is 2. The van der Waals surface area contributed by atoms with E-state index in [1.807, 2.05) is 39.8 Å². The third-order valence-corrected chi connectivity index (χ3v) is 4.09. The van der Waals surface area contributed by atoms with Crippen molar-refractivity contribution in [2.24, 2.45) is 10.4 Å². The number of nitrogens with zero attached hydrogens (tertiary/aromatic N) is 1. The van der Waals surface area contributed by atoms with E-state index in [9.17, 15) is 4.79 Å². The van der Waals surface area contributed by atoms with Gasteiger partial charge in [0.25, 0.3) is 0 Å². The van der Waals surface area contributed by atoms with Crippen molar-refractivity contribution in [2.45, 2.75) is 34.2 Å². The molecular formula is C20H35IN4O3. The number of aryl methyl sites for hydroxylation is 1. The summed E-state index contributed by atoms with van der Waals surface area (Å²) < 4.78 is 10.9. The zero-order valence-electron chi connectivity index (χ0n) is 17.8. The summed E-state index contributed by atoms with van der Waals surface area (Å²) in [6, 6.07) is 6.10. The second kappa shape index (κ2) is 13.6. The summed E-state index contributed by atoms with van der Waals surface area (Å²) in [6.45, 7) is 10.4. The van der Waals surface area contributed by atoms with Crippen molar-refractivity contribution < 1.29 is 14.3 Å². The largest absolute Gasteiger partial charge is 0.491 e. The van der Waals surface area contributed by atoms with Crippen molar-refractivity contribution in [2.75, 3.05) is 40.5 Å². The first-order valence-corrected chi connectivity index (χ1v) is 9.28. The molecule has 1 aromatic rings. The molecule has 1 aromatic carbocycles. The Balaban J connectivity index is 0.00000729. The molecule has 1 amide bonds. The Kier molecular flexibility index (Phi) is 12.8. The van der Waals surface area contributed by atoms with Crippen LogP contribution < -0.4 is 20.7 Å². The summed E-state index contributed by atoms with van der Waals surface area (Å²) >= 11 is 0. The molecule has 0 heterocycles. The lowest BCUT2D eigenvalue weighted by atomic mass is 9.92. The fraction of sp³-hybridized carbons (Fsp3) is 0.600. The zero-order chi connectivity index (χ0) is 20.3. The third-order valence-electron chi connectivity index (χ3n) is 4.09. The second-order valence-corrected chi connectivity index (χ2v) is 6.98. The van der Waals surface area contributed by atoms with Crippen LogP contribution in [0.2, 0.25) is 0 Å². The van der Waals surface area contributed by atoms with Gasteiger partial charge in [-0.2, -0.15) is 0 Å². The third kappa shape index (κ3) is 9.09. The quantitative estimate of drug-likeness (QED) is 0.197. The molecule has 8 heteroatoms. The van der Waals surface area contributed by atoms with Crippen LogP contribution in [-0.4, -0.2) is 52.3 Å². The highest BCUT2D eigenvalue weighted by molar-refractivity contribution is 14.0. The van der Waals surface area contributed by atoms with E-state index in [0.29, 0.717) is 38.8 Å². The van der Waals surface area contributed by atoms with Gasteiger partial charge in [-0.25, -0.2) is 0 Å². The van der Waals surface area contributed by atoms with Crippen molar-refractivity contribution in [1.82, 2.24) is 16.0 Å². The maximum absolute atomic E-state index is 12.1. The fourth-order valence-electron chi connectivity index (χ4n) is 2.36. The van der Waals surface area contributed by atoms with Crippen LogP contribution in [0.3, 0.4) is 0 Å². The van der Waals surface area contributed by atoms with Crippen LogP contribution in [0.15, 0.2) is 23.2 Å². The van der Waals surface area contributed by atoms with Gasteiger partial charge in [0, 0.05) is 39.4 Å². The second-order valence-electron chi connectivity index (χ2n) is 6.98. The van der Waals surface area contributed by atoms with Crippen LogP contribution in [0.1, 0.15) is 31.9 Å². The summed E-state index contributed by atoms with van der Waals surface area (Å²) in [7, 11) is 3.36. The molecule has 0 aliphatic carbocycles. The lowest BCUT2D eigenvalue weighted by Gasteiger charge is -2.25. The van der Waals surface area contributed by atoms with Crippen LogP contribution in [0.4, 0.5) is 0 Å². The monoisotopic (exact) mass is 506 g/mol. The van der Waals surface area contributed by atoms with E-state index in [1.54, 1.807) is 14.2 Å². The van der Waals surface area contributed by atoms with Crippen LogP contribution in [0, 0.1) is 12.3 Å². The van der Waals surface area contributed by atoms with E-state index < -0.39 is 5.41 Å². The van der Waals surface area contributed by atoms with Gasteiger partial charge in [0.15, 0.2) is 5.96 Å². The minimum atomic E-state index is -0.536. The number of hydrogen-bond donors (Lipinski definition) is 3. The smallest absolute Gasteiger partial charge is 0.227 e. The molecule has 0 saturated heterocycles. The van der Waals surface area contributed by atoms with Crippen LogP contribution in [0.25, 0.3) is 0 Å². The number of hydrogen-bond acceptors (Lipinski definition) is 4. The molecule has 0 bridgehead atoms. The number of carbonyl (C=O) groups is 1. The van der Waals surface area contributed by atoms with Gasteiger partial charge in [0.1, 0.15) is 12.4 Å². The molecule has 7 nitrogen and oxygen atoms in total. The maximum atomic E-state index is 12.1. The first kappa shape index (κ1) is 26.4. The van der Waals surface area contributed by atoms with Crippen molar-refractivity contribution in [3.8, 4) is 5.75 Å². The first-order valence-electron chi connectivity index (χ1n) is 9.28. The zero-order valence-corrected chi connectivity index (χ0v) is 20.2. The Morgan fingerprint density at radius 3 is 2.50 bits per heavy atom. The number of carbonyl (C=O) groups excluding carboxylic acids is 1. The first-order chi connectivity index (χ1) is 12.8. The van der Waals surface area contributed by atoms with Gasteiger partial charge in [-0.3, -0.25) is 9.79 Å². The molecule has 0 aliphatic heterocycles. The van der Waals surface area contributed by atoms with Crippen molar-refractivity contribution in [3.05, 3.63) is 29.3 Å². The number of methoxy groups -OCH3 is 1. The van der Waals surface area contributed by atoms with Crippen molar-refractivity contribution >= 4 is 35.8 Å². The van der Waals surface area contributed by atoms with Gasteiger partial charge >= 0.3 is 0 Å². The fourth-order valence-corrected chi connectivity index (χ4v) is 2.36. The summed E-state index contributed by atoms with van der Waals surface area (Å²) in [5.41, 5.74) is 1.63. The van der Waals surface area contributed by atoms with E-state index in [-0.39, 0.29) is 29.9 Å². The van der Waals surface area contributed by atoms with Gasteiger partial charge in [0.2, 0.25) is 5.91 Å². The normalized spacial score (nSPS) is 11.4. The lowest BCUT2D eigenvalue weighted by molar-refractivity contribution is -0.128. The number of benzene rings is 1. The Morgan fingerprint density at radius 2 is 1.89 bits per heavy atom. The number of rotatable bonds is 10. The van der Waals surface area contributed by atoms with Gasteiger partial charge in [-0.05, 0) is 39.3 Å². The van der Waals surface area contributed by atoms with E-state index >= 15 is 0 Å². The molecule has 0 radical (unpaired) electrons. The molecule has 0 unspecified atom stereocenters. The molecule has 0 aliphatic rings. The Bertz CT molecular complexity index is 636. The predicted molar refractivity (Wildman–Crippen MR) is 125 cm³/mol. The summed E-state index contributed by atoms with van der Waals surface area (Å²) in [5.74, 6) is 1.48. The van der Waals surface area contributed by atoms with E-state index in [0.717, 1.165) is 16.9 Å². The van der Waals surface area contributed by atoms with E-state index in [4.69, 9.17) is 9.47 Å². The molecule has 0 atom stereocenters. The molecule has 0 spiro atoms. The van der Waals surface area contributed by atoms with E-state index in [2.05, 4.69) is 27.0 Å². The molecule has 0 saturated carbocycles. The lowest BCUT2D eigenvalue weighted by Crippen LogP contribution is -2.47. The van der Waals surface area contributed by atoms with E-state index in [1.165, 1.54) is 0 Å². The van der Waals surface area contributed by atoms with Crippen molar-refractivity contribution in [3.63, 3.8) is 0 Å². The highest BCUT2D eigenvalue weighted by Gasteiger charge is 2.27. The topological polar surface area (TPSA) is 84.0 Å². The molecular weight excluding hydrogens is 471 g/mol. The SMILES string of the molecule is CCNC(=O)C(C)(C)CNC(=NC)NCc1ccc(C)cc1OCCOC.I. The summed E-state index contributed by atoms with van der Waals surface area (Å²) in [5, 5.41) is 9.35. The number of nitrogens with one attached hydrogen (secondary N) is 3. The average molecular weight is 506 g/mol. The van der Waals surface area contributed by atoms with Gasteiger partial charge in [0.05, 0.1) is 12.0 Å². The maximum Gasteiger partial charge on any atom is 0.227 e. The van der Waals surface area contributed by atoms with Crippen LogP contribution >= 0.6 is 24.0 Å². The van der Waals surface area contributed by atoms with Crippen LogP contribution in [-0.2, 0) is 16.1 Å². The highest BCUT2D eigenvalue weighted by atomic mass is 127. The molecule has 0 aromatic heterocycles. The average Bonchev–Trinajstić information content (AvgIpc) is 2.63. The molecule has 1 rings (SSSR count). The summed E-state index contributed by atoms with van der Waals surface area (Å²) in [6.07, 6.45) is 0. The minimum Gasteiger partial charge on any atom is -0.491 e. The molecule has 28 heavy (non-hydrogen) atoms. The highest BCUT2D eigenvalue weighted by Crippen LogP contribution is 2.20. The summed E-state index contributed by atoms with van der Waals surface area (Å²) in [4.78, 5) is 16.3. The van der Waals surface area contributed by atoms with Gasteiger partial charge < -0.3 is 25.4 Å². The molecule has 0 fully saturated rings. The standard InChI is InChI=1S/C20H34N4O3.HI/c1-7-22-18(25)20(3,4)14-24-19(21-5)23-13-16-9-8-15(2)12-17(16)27-11-10-26-6;/h8-9,12H,7,10-11,13-14H2,1-6H3,(H,22,25)(H2,21,23,24);1H. The Hall–Kier alpha value is -1.55. The number of halogens is 1. The molecule has 160 valence electrons.